The molecule has 2 aromatic rings. The molecule has 8 heteroatoms. The van der Waals surface area contributed by atoms with Crippen LogP contribution in [-0.4, -0.2) is 35.4 Å². The van der Waals surface area contributed by atoms with E-state index in [9.17, 15) is 19.5 Å². The third-order valence-electron chi connectivity index (χ3n) is 4.19. The summed E-state index contributed by atoms with van der Waals surface area (Å²) in [6, 6.07) is 5.67. The van der Waals surface area contributed by atoms with Gasteiger partial charge in [-0.15, -0.1) is 0 Å². The first-order valence-corrected chi connectivity index (χ1v) is 8.85. The predicted molar refractivity (Wildman–Crippen MR) is 106 cm³/mol. The number of ketones is 1. The second-order valence-electron chi connectivity index (χ2n) is 6.17. The van der Waals surface area contributed by atoms with E-state index in [1.165, 1.54) is 44.4 Å². The SMILES string of the molecule is COc1c(Cl)c(C)cc(O)c1C(=O)c1cccc(OC=C[C@@H](C)C(=O)O)c1C=O. The van der Waals surface area contributed by atoms with E-state index in [4.69, 9.17) is 26.2 Å². The van der Waals surface area contributed by atoms with Gasteiger partial charge in [0.2, 0.25) is 5.78 Å². The Hall–Kier alpha value is -3.32. The highest BCUT2D eigenvalue weighted by molar-refractivity contribution is 6.34. The third-order valence-corrected chi connectivity index (χ3v) is 4.66. The molecule has 0 aliphatic rings. The summed E-state index contributed by atoms with van der Waals surface area (Å²) in [5.74, 6) is -2.81. The van der Waals surface area contributed by atoms with Gasteiger partial charge < -0.3 is 19.7 Å². The van der Waals surface area contributed by atoms with Crippen molar-refractivity contribution in [3.8, 4) is 17.2 Å². The van der Waals surface area contributed by atoms with Crippen LogP contribution in [0.2, 0.25) is 5.02 Å². The Balaban J connectivity index is 2.52. The number of aryl methyl sites for hydroxylation is 1. The minimum Gasteiger partial charge on any atom is -0.507 e. The molecule has 0 spiro atoms. The molecule has 0 saturated heterocycles. The molecule has 0 aliphatic heterocycles. The number of carbonyl (C=O) groups is 3. The molecule has 152 valence electrons. The summed E-state index contributed by atoms with van der Waals surface area (Å²) >= 11 is 6.19. The van der Waals surface area contributed by atoms with Crippen molar-refractivity contribution in [3.05, 3.63) is 63.9 Å². The fraction of sp³-hybridized carbons (Fsp3) is 0.190. The summed E-state index contributed by atoms with van der Waals surface area (Å²) in [6.45, 7) is 3.10. The van der Waals surface area contributed by atoms with Crippen molar-refractivity contribution in [3.63, 3.8) is 0 Å². The molecule has 2 rings (SSSR count). The summed E-state index contributed by atoms with van der Waals surface area (Å²) in [6.07, 6.45) is 2.87. The van der Waals surface area contributed by atoms with Gasteiger partial charge in [-0.3, -0.25) is 14.4 Å². The standard InChI is InChI=1S/C21H19ClO7/c1-11(21(26)27)7-8-29-16-6-4-5-13(14(16)10-23)19(25)17-15(24)9-12(2)18(22)20(17)28-3/h4-11,24H,1-3H3,(H,26,27)/t11-/m1/s1. The summed E-state index contributed by atoms with van der Waals surface area (Å²) in [4.78, 5) is 35.6. The number of carboxylic acid groups (broad SMARTS) is 1. The predicted octanol–water partition coefficient (Wildman–Crippen LogP) is 4.02. The molecule has 0 saturated carbocycles. The van der Waals surface area contributed by atoms with Crippen molar-refractivity contribution in [1.29, 1.82) is 0 Å². The smallest absolute Gasteiger partial charge is 0.310 e. The maximum absolute atomic E-state index is 13.1. The van der Waals surface area contributed by atoms with Crippen molar-refractivity contribution in [1.82, 2.24) is 0 Å². The molecule has 1 atom stereocenters. The van der Waals surface area contributed by atoms with Gasteiger partial charge in [-0.1, -0.05) is 23.7 Å². The van der Waals surface area contributed by atoms with Crippen molar-refractivity contribution >= 4 is 29.6 Å². The number of phenols is 1. The van der Waals surface area contributed by atoms with E-state index in [1.54, 1.807) is 6.92 Å². The zero-order valence-electron chi connectivity index (χ0n) is 15.9. The van der Waals surface area contributed by atoms with Gasteiger partial charge in [0, 0.05) is 5.56 Å². The number of hydrogen-bond donors (Lipinski definition) is 2. The Morgan fingerprint density at radius 3 is 2.55 bits per heavy atom. The van der Waals surface area contributed by atoms with Gasteiger partial charge in [-0.05, 0) is 37.6 Å². The first kappa shape index (κ1) is 22.0. The molecule has 0 bridgehead atoms. The number of ether oxygens (including phenoxy) is 2. The quantitative estimate of drug-likeness (QED) is 0.378. The van der Waals surface area contributed by atoms with Crippen LogP contribution in [0.25, 0.3) is 0 Å². The van der Waals surface area contributed by atoms with Gasteiger partial charge in [0.05, 0.1) is 29.9 Å². The van der Waals surface area contributed by atoms with Crippen LogP contribution in [0, 0.1) is 12.8 Å². The molecule has 7 nitrogen and oxygen atoms in total. The molecule has 0 fully saturated rings. The maximum atomic E-state index is 13.1. The Kier molecular flexibility index (Phi) is 7.01. The first-order chi connectivity index (χ1) is 13.7. The van der Waals surface area contributed by atoms with Gasteiger partial charge in [-0.25, -0.2) is 0 Å². The highest BCUT2D eigenvalue weighted by Crippen LogP contribution is 2.39. The summed E-state index contributed by atoms with van der Waals surface area (Å²) < 4.78 is 10.6. The number of hydrogen-bond acceptors (Lipinski definition) is 6. The molecule has 2 N–H and O–H groups in total. The molecule has 2 aromatic carbocycles. The normalized spacial score (nSPS) is 11.9. The minimum atomic E-state index is -1.04. The first-order valence-electron chi connectivity index (χ1n) is 8.48. The average molecular weight is 419 g/mol. The van der Waals surface area contributed by atoms with Crippen molar-refractivity contribution < 1.29 is 34.1 Å². The number of aldehydes is 1. The summed E-state index contributed by atoms with van der Waals surface area (Å²) in [5, 5.41) is 19.4. The van der Waals surface area contributed by atoms with Crippen molar-refractivity contribution in [2.75, 3.05) is 7.11 Å². The zero-order chi connectivity index (χ0) is 21.7. The molecule has 0 aliphatic carbocycles. The number of rotatable bonds is 8. The monoisotopic (exact) mass is 418 g/mol. The topological polar surface area (TPSA) is 110 Å². The van der Waals surface area contributed by atoms with Crippen molar-refractivity contribution in [2.45, 2.75) is 13.8 Å². The second kappa shape index (κ2) is 9.25. The number of methoxy groups -OCH3 is 1. The lowest BCUT2D eigenvalue weighted by molar-refractivity contribution is -0.139. The highest BCUT2D eigenvalue weighted by Gasteiger charge is 2.26. The van der Waals surface area contributed by atoms with Crippen LogP contribution in [-0.2, 0) is 4.79 Å². The number of aliphatic carboxylic acids is 1. The molecule has 0 unspecified atom stereocenters. The van der Waals surface area contributed by atoms with E-state index in [0.29, 0.717) is 11.8 Å². The van der Waals surface area contributed by atoms with Crippen LogP contribution < -0.4 is 9.47 Å². The van der Waals surface area contributed by atoms with Crippen LogP contribution in [0.4, 0.5) is 0 Å². The molecule has 29 heavy (non-hydrogen) atoms. The second-order valence-corrected chi connectivity index (χ2v) is 6.55. The number of phenolic OH excluding ortho intramolecular Hbond substituents is 1. The number of halogens is 1. The zero-order valence-corrected chi connectivity index (χ0v) is 16.7. The molecule has 0 heterocycles. The largest absolute Gasteiger partial charge is 0.507 e. The lowest BCUT2D eigenvalue weighted by atomic mass is 9.96. The number of carbonyl (C=O) groups excluding carboxylic acids is 2. The molecule has 0 radical (unpaired) electrons. The van der Waals surface area contributed by atoms with Gasteiger partial charge in [0.1, 0.15) is 17.1 Å². The highest BCUT2D eigenvalue weighted by atomic mass is 35.5. The number of benzene rings is 2. The average Bonchev–Trinajstić information content (AvgIpc) is 2.69. The number of carboxylic acids is 1. The fourth-order valence-electron chi connectivity index (χ4n) is 2.57. The lowest BCUT2D eigenvalue weighted by Gasteiger charge is -2.15. The maximum Gasteiger partial charge on any atom is 0.310 e. The molecule has 0 amide bonds. The summed E-state index contributed by atoms with van der Waals surface area (Å²) in [7, 11) is 1.31. The van der Waals surface area contributed by atoms with Gasteiger partial charge >= 0.3 is 5.97 Å². The molecule has 0 aromatic heterocycles. The Morgan fingerprint density at radius 2 is 1.97 bits per heavy atom. The van der Waals surface area contributed by atoms with Crippen LogP contribution in [0.3, 0.4) is 0 Å². The van der Waals surface area contributed by atoms with E-state index in [0.717, 1.165) is 6.26 Å². The van der Waals surface area contributed by atoms with Crippen molar-refractivity contribution in [2.24, 2.45) is 5.92 Å². The fourth-order valence-corrected chi connectivity index (χ4v) is 2.80. The third kappa shape index (κ3) is 4.57. The van der Waals surface area contributed by atoms with Gasteiger partial charge in [-0.2, -0.15) is 0 Å². The number of aromatic hydroxyl groups is 1. The van der Waals surface area contributed by atoms with Crippen LogP contribution >= 0.6 is 11.6 Å². The van der Waals surface area contributed by atoms with Gasteiger partial charge in [0.15, 0.2) is 12.0 Å². The summed E-state index contributed by atoms with van der Waals surface area (Å²) in [5.41, 5.74) is 0.232. The van der Waals surface area contributed by atoms with Crippen LogP contribution in [0.1, 0.15) is 38.8 Å². The van der Waals surface area contributed by atoms with E-state index in [1.807, 2.05) is 0 Å². The van der Waals surface area contributed by atoms with Gasteiger partial charge in [0.25, 0.3) is 0 Å². The Bertz CT molecular complexity index is 995. The Morgan fingerprint density at radius 1 is 1.28 bits per heavy atom. The molecular formula is C21H19ClO7. The lowest BCUT2D eigenvalue weighted by Crippen LogP contribution is -2.09. The van der Waals surface area contributed by atoms with E-state index in [2.05, 4.69) is 0 Å². The van der Waals surface area contributed by atoms with Crippen LogP contribution in [0.5, 0.6) is 17.2 Å². The Labute approximate surface area is 172 Å². The molecular weight excluding hydrogens is 400 g/mol. The minimum absolute atomic E-state index is 0.00693. The van der Waals surface area contributed by atoms with E-state index < -0.39 is 17.7 Å². The van der Waals surface area contributed by atoms with Crippen LogP contribution in [0.15, 0.2) is 36.6 Å². The van der Waals surface area contributed by atoms with E-state index >= 15 is 0 Å². The van der Waals surface area contributed by atoms with E-state index in [-0.39, 0.29) is 39.0 Å².